The largest absolute Gasteiger partial charge is 0.464 e. The lowest BCUT2D eigenvalue weighted by Gasteiger charge is -2.25. The van der Waals surface area contributed by atoms with E-state index in [2.05, 4.69) is 18.2 Å². The number of halogens is 2. The van der Waals surface area contributed by atoms with Gasteiger partial charge in [-0.15, -0.1) is 6.58 Å². The van der Waals surface area contributed by atoms with Gasteiger partial charge in [0.25, 0.3) is 0 Å². The number of hydrogen-bond donors (Lipinski definition) is 1. The number of carbonyl (C=O) groups is 1. The molecule has 0 heterocycles. The Morgan fingerprint density at radius 2 is 2.14 bits per heavy atom. The molecule has 2 N–H and O–H groups in total. The van der Waals surface area contributed by atoms with E-state index in [0.717, 1.165) is 24.0 Å². The highest BCUT2D eigenvalue weighted by molar-refractivity contribution is 6.58. The third-order valence-electron chi connectivity index (χ3n) is 4.48. The van der Waals surface area contributed by atoms with E-state index < -0.39 is 5.97 Å². The minimum absolute atomic E-state index is 0.0233. The van der Waals surface area contributed by atoms with Crippen LogP contribution in [0.1, 0.15) is 24.0 Å². The second kappa shape index (κ2) is 9.80. The zero-order chi connectivity index (χ0) is 20.8. The number of hydrogen-bond acceptors (Lipinski definition) is 5. The summed E-state index contributed by atoms with van der Waals surface area (Å²) in [5.74, 6) is -0.176. The number of benzene rings is 1. The van der Waals surface area contributed by atoms with Crippen molar-refractivity contribution in [3.63, 3.8) is 0 Å². The molecular formula is C21H25Cl2N3O2. The van der Waals surface area contributed by atoms with Crippen molar-refractivity contribution in [2.75, 3.05) is 13.7 Å². The summed E-state index contributed by atoms with van der Waals surface area (Å²) in [7, 11) is 1.27. The third-order valence-corrected chi connectivity index (χ3v) is 5.09. The van der Waals surface area contributed by atoms with Crippen LogP contribution in [-0.2, 0) is 16.1 Å². The van der Waals surface area contributed by atoms with Crippen LogP contribution in [-0.4, -0.2) is 30.2 Å². The molecule has 1 aromatic carbocycles. The molecule has 0 bridgehead atoms. The second-order valence-corrected chi connectivity index (χ2v) is 7.47. The summed E-state index contributed by atoms with van der Waals surface area (Å²) in [5, 5.41) is 0.653. The number of nitrogens with zero attached hydrogens (tertiary/aromatic N) is 2. The Morgan fingerprint density at radius 3 is 2.71 bits per heavy atom. The molecule has 1 aromatic rings. The third kappa shape index (κ3) is 5.63. The minimum atomic E-state index is -0.660. The van der Waals surface area contributed by atoms with Crippen molar-refractivity contribution in [2.45, 2.75) is 26.3 Å². The van der Waals surface area contributed by atoms with Crippen molar-refractivity contribution in [3.05, 3.63) is 70.1 Å². The van der Waals surface area contributed by atoms with E-state index in [1.165, 1.54) is 7.11 Å². The molecule has 7 heteroatoms. The molecule has 0 aliphatic heterocycles. The summed E-state index contributed by atoms with van der Waals surface area (Å²) in [5.41, 5.74) is 8.93. The highest BCUT2D eigenvalue weighted by atomic mass is 35.5. The monoisotopic (exact) mass is 421 g/mol. The van der Waals surface area contributed by atoms with Crippen LogP contribution in [0.3, 0.4) is 0 Å². The Morgan fingerprint density at radius 1 is 1.46 bits per heavy atom. The zero-order valence-corrected chi connectivity index (χ0v) is 17.7. The van der Waals surface area contributed by atoms with Crippen LogP contribution in [0.25, 0.3) is 0 Å². The quantitative estimate of drug-likeness (QED) is 0.361. The number of nitrogens with two attached hydrogens (primary N) is 1. The van der Waals surface area contributed by atoms with E-state index in [0.29, 0.717) is 23.8 Å². The lowest BCUT2D eigenvalue weighted by atomic mass is 10.1. The van der Waals surface area contributed by atoms with Crippen molar-refractivity contribution in [1.82, 2.24) is 4.90 Å². The van der Waals surface area contributed by atoms with E-state index in [9.17, 15) is 4.79 Å². The number of allylic oxidation sites excluding steroid dienone is 1. The molecule has 5 nitrogen and oxygen atoms in total. The molecule has 150 valence electrons. The Labute approximate surface area is 176 Å². The molecule has 0 amide bonds. The normalized spacial score (nSPS) is 14.9. The zero-order valence-electron chi connectivity index (χ0n) is 16.2. The van der Waals surface area contributed by atoms with Gasteiger partial charge in [-0.3, -0.25) is 0 Å². The Kier molecular flexibility index (Phi) is 7.72. The van der Waals surface area contributed by atoms with Crippen molar-refractivity contribution in [1.29, 1.82) is 0 Å². The fraction of sp³-hybridized carbons (Fsp3) is 0.333. The SMILES string of the molecule is C=CCN(Cc1cc(Cl)ccc1C)/C(N)=C(Cl)/C(=N\C(=C)C1CC1)C(=O)OC. The lowest BCUT2D eigenvalue weighted by Crippen LogP contribution is -2.31. The van der Waals surface area contributed by atoms with Gasteiger partial charge in [-0.25, -0.2) is 9.79 Å². The predicted octanol–water partition coefficient (Wildman–Crippen LogP) is 4.54. The molecule has 1 aliphatic rings. The van der Waals surface area contributed by atoms with Gasteiger partial charge >= 0.3 is 5.97 Å². The average molecular weight is 422 g/mol. The Bertz CT molecular complexity index is 842. The van der Waals surface area contributed by atoms with Gasteiger partial charge in [0.2, 0.25) is 0 Å². The smallest absolute Gasteiger partial charge is 0.358 e. The van der Waals surface area contributed by atoms with E-state index >= 15 is 0 Å². The Hall–Kier alpha value is -2.24. The summed E-state index contributed by atoms with van der Waals surface area (Å²) >= 11 is 12.6. The summed E-state index contributed by atoms with van der Waals surface area (Å²) in [6.45, 7) is 10.6. The summed E-state index contributed by atoms with van der Waals surface area (Å²) < 4.78 is 4.84. The first-order valence-corrected chi connectivity index (χ1v) is 9.66. The van der Waals surface area contributed by atoms with Crippen molar-refractivity contribution >= 4 is 34.9 Å². The topological polar surface area (TPSA) is 67.9 Å². The van der Waals surface area contributed by atoms with Gasteiger partial charge in [0.1, 0.15) is 10.9 Å². The maximum Gasteiger partial charge on any atom is 0.358 e. The highest BCUT2D eigenvalue weighted by Gasteiger charge is 2.28. The second-order valence-electron chi connectivity index (χ2n) is 6.66. The van der Waals surface area contributed by atoms with Crippen LogP contribution in [0.5, 0.6) is 0 Å². The first kappa shape index (κ1) is 22.1. The van der Waals surface area contributed by atoms with Gasteiger partial charge in [0.05, 0.1) is 7.11 Å². The first-order chi connectivity index (χ1) is 13.3. The number of aryl methyl sites for hydroxylation is 1. The summed E-state index contributed by atoms with van der Waals surface area (Å²) in [6, 6.07) is 5.64. The van der Waals surface area contributed by atoms with Gasteiger partial charge in [0, 0.05) is 29.7 Å². The molecule has 0 spiro atoms. The van der Waals surface area contributed by atoms with Crippen molar-refractivity contribution in [3.8, 4) is 0 Å². The number of esters is 1. The van der Waals surface area contributed by atoms with Crippen LogP contribution in [0.15, 0.2) is 59.0 Å². The highest BCUT2D eigenvalue weighted by Crippen LogP contribution is 2.36. The van der Waals surface area contributed by atoms with Gasteiger partial charge in [-0.2, -0.15) is 0 Å². The molecular weight excluding hydrogens is 397 g/mol. The lowest BCUT2D eigenvalue weighted by molar-refractivity contribution is -0.132. The molecule has 1 saturated carbocycles. The number of carbonyl (C=O) groups excluding carboxylic acids is 1. The molecule has 0 atom stereocenters. The molecule has 1 aliphatic carbocycles. The standard InChI is InChI=1S/C21H25Cl2N3O2/c1-5-10-26(12-16-11-17(22)9-6-13(16)2)20(24)18(23)19(21(27)28-4)25-14(3)15-7-8-15/h5-6,9,11,15H,1,3,7-8,10,12,24H2,2,4H3/b20-18-,25-19+. The van der Waals surface area contributed by atoms with E-state index in [1.807, 2.05) is 25.1 Å². The van der Waals surface area contributed by atoms with E-state index in [4.69, 9.17) is 33.7 Å². The molecule has 0 saturated heterocycles. The van der Waals surface area contributed by atoms with Crippen molar-refractivity contribution < 1.29 is 9.53 Å². The van der Waals surface area contributed by atoms with Gasteiger partial charge in [-0.1, -0.05) is 41.9 Å². The van der Waals surface area contributed by atoms with Gasteiger partial charge < -0.3 is 15.4 Å². The summed E-state index contributed by atoms with van der Waals surface area (Å²) in [6.07, 6.45) is 3.71. The number of ether oxygens (including phenoxy) is 1. The van der Waals surface area contributed by atoms with Crippen LogP contribution in [0.2, 0.25) is 5.02 Å². The fourth-order valence-electron chi connectivity index (χ4n) is 2.61. The summed E-state index contributed by atoms with van der Waals surface area (Å²) in [4.78, 5) is 18.4. The maximum atomic E-state index is 12.2. The van der Waals surface area contributed by atoms with Crippen LogP contribution >= 0.6 is 23.2 Å². The molecule has 28 heavy (non-hydrogen) atoms. The van der Waals surface area contributed by atoms with Gasteiger partial charge in [0.15, 0.2) is 5.71 Å². The van der Waals surface area contributed by atoms with E-state index in [1.54, 1.807) is 11.0 Å². The Balaban J connectivity index is 2.40. The minimum Gasteiger partial charge on any atom is -0.464 e. The molecule has 0 aromatic heterocycles. The average Bonchev–Trinajstić information content (AvgIpc) is 3.52. The van der Waals surface area contributed by atoms with Gasteiger partial charge in [-0.05, 0) is 43.0 Å². The van der Waals surface area contributed by atoms with Crippen LogP contribution < -0.4 is 5.73 Å². The number of aliphatic imine (C=N–C) groups is 1. The van der Waals surface area contributed by atoms with E-state index in [-0.39, 0.29) is 22.5 Å². The number of methoxy groups -OCH3 is 1. The van der Waals surface area contributed by atoms with Crippen LogP contribution in [0, 0.1) is 12.8 Å². The molecule has 0 radical (unpaired) electrons. The first-order valence-electron chi connectivity index (χ1n) is 8.90. The maximum absolute atomic E-state index is 12.2. The van der Waals surface area contributed by atoms with Crippen molar-refractivity contribution in [2.24, 2.45) is 16.6 Å². The molecule has 2 rings (SSSR count). The predicted molar refractivity (Wildman–Crippen MR) is 115 cm³/mol. The molecule has 0 unspecified atom stereocenters. The number of rotatable bonds is 9. The fourth-order valence-corrected chi connectivity index (χ4v) is 3.05. The van der Waals surface area contributed by atoms with Crippen LogP contribution in [0.4, 0.5) is 0 Å². The molecule has 1 fully saturated rings.